The van der Waals surface area contributed by atoms with Crippen LogP contribution in [0.5, 0.6) is 11.5 Å². The number of ether oxygens (including phenoxy) is 1. The van der Waals surface area contributed by atoms with Crippen molar-refractivity contribution in [1.82, 2.24) is 5.01 Å². The highest BCUT2D eigenvalue weighted by molar-refractivity contribution is 7.99. The molecular weight excluding hydrogens is 490 g/mol. The number of anilines is 1. The molecule has 1 N–H and O–H groups in total. The van der Waals surface area contributed by atoms with Gasteiger partial charge in [-0.1, -0.05) is 60.1 Å². The van der Waals surface area contributed by atoms with Crippen LogP contribution in [0.4, 0.5) is 10.5 Å². The average molecular weight is 512 g/mol. The van der Waals surface area contributed by atoms with E-state index < -0.39 is 0 Å². The molecule has 4 aromatic carbocycles. The molecule has 0 fully saturated rings. The van der Waals surface area contributed by atoms with Crippen LogP contribution in [0.25, 0.3) is 0 Å². The van der Waals surface area contributed by atoms with Gasteiger partial charge in [-0.3, -0.25) is 0 Å². The highest BCUT2D eigenvalue weighted by atomic mass is 35.5. The van der Waals surface area contributed by atoms with Crippen LogP contribution >= 0.6 is 23.4 Å². The molecule has 2 unspecified atom stereocenters. The van der Waals surface area contributed by atoms with E-state index in [1.54, 1.807) is 5.01 Å². The van der Waals surface area contributed by atoms with E-state index in [1.165, 1.54) is 4.90 Å². The van der Waals surface area contributed by atoms with E-state index in [2.05, 4.69) is 17.4 Å². The second-order valence-corrected chi connectivity index (χ2v) is 10.1. The topological polar surface area (TPSA) is 53.9 Å². The van der Waals surface area contributed by atoms with Gasteiger partial charge in [0.15, 0.2) is 0 Å². The summed E-state index contributed by atoms with van der Waals surface area (Å²) in [7, 11) is 0. The van der Waals surface area contributed by atoms with Gasteiger partial charge < -0.3 is 10.1 Å². The molecule has 2 aliphatic rings. The van der Waals surface area contributed by atoms with Gasteiger partial charge in [0.2, 0.25) is 0 Å². The average Bonchev–Trinajstić information content (AvgIpc) is 3.31. The lowest BCUT2D eigenvalue weighted by atomic mass is 9.88. The van der Waals surface area contributed by atoms with Gasteiger partial charge in [-0.15, -0.1) is 11.8 Å². The summed E-state index contributed by atoms with van der Waals surface area (Å²) in [5.41, 5.74) is 3.71. The van der Waals surface area contributed by atoms with Gasteiger partial charge in [0, 0.05) is 32.8 Å². The van der Waals surface area contributed by atoms with Crippen LogP contribution in [-0.2, 0) is 0 Å². The zero-order valence-electron chi connectivity index (χ0n) is 19.2. The lowest BCUT2D eigenvalue weighted by molar-refractivity contribution is 0.192. The number of hydrazone groups is 1. The first-order valence-electron chi connectivity index (χ1n) is 11.6. The number of rotatable bonds is 4. The van der Waals surface area contributed by atoms with Crippen LogP contribution in [0.1, 0.15) is 17.2 Å². The van der Waals surface area contributed by atoms with E-state index >= 15 is 0 Å². The molecule has 0 bridgehead atoms. The van der Waals surface area contributed by atoms with Crippen LogP contribution in [0, 0.1) is 5.92 Å². The Labute approximate surface area is 218 Å². The Kier molecular flexibility index (Phi) is 6.13. The van der Waals surface area contributed by atoms with Gasteiger partial charge >= 0.3 is 6.03 Å². The molecule has 2 atom stereocenters. The first-order valence-corrected chi connectivity index (χ1v) is 13.0. The third-order valence-corrected chi connectivity index (χ3v) is 7.74. The van der Waals surface area contributed by atoms with E-state index in [4.69, 9.17) is 21.4 Å². The fourth-order valence-electron chi connectivity index (χ4n) is 4.60. The number of amides is 2. The number of hydrogen-bond donors (Lipinski definition) is 1. The number of urea groups is 1. The Morgan fingerprint density at radius 3 is 2.36 bits per heavy atom. The molecule has 0 aliphatic carbocycles. The highest BCUT2D eigenvalue weighted by Gasteiger charge is 2.44. The van der Waals surface area contributed by atoms with Crippen LogP contribution < -0.4 is 10.1 Å². The van der Waals surface area contributed by atoms with E-state index in [0.29, 0.717) is 16.5 Å². The molecule has 0 aromatic heterocycles. The highest BCUT2D eigenvalue weighted by Crippen LogP contribution is 2.45. The second kappa shape index (κ2) is 9.72. The Hall–Kier alpha value is -3.74. The largest absolute Gasteiger partial charge is 0.457 e. The van der Waals surface area contributed by atoms with Crippen LogP contribution in [0.15, 0.2) is 113 Å². The first-order chi connectivity index (χ1) is 17.7. The summed E-state index contributed by atoms with van der Waals surface area (Å²) in [5.74, 6) is 2.38. The number of nitrogens with one attached hydrogen (secondary N) is 1. The van der Waals surface area contributed by atoms with Gasteiger partial charge in [-0.2, -0.15) is 5.10 Å². The molecule has 0 saturated heterocycles. The zero-order valence-corrected chi connectivity index (χ0v) is 20.7. The minimum atomic E-state index is -0.281. The van der Waals surface area contributed by atoms with Crippen molar-refractivity contribution < 1.29 is 9.53 Å². The third-order valence-electron chi connectivity index (χ3n) is 6.30. The fraction of sp³-hybridized carbons (Fsp3) is 0.103. The Bertz CT molecular complexity index is 1430. The summed E-state index contributed by atoms with van der Waals surface area (Å²) in [6.45, 7) is 0. The predicted molar refractivity (Wildman–Crippen MR) is 145 cm³/mol. The van der Waals surface area contributed by atoms with Gasteiger partial charge in [-0.25, -0.2) is 9.80 Å². The van der Waals surface area contributed by atoms with Crippen molar-refractivity contribution in [3.05, 3.63) is 119 Å². The lowest BCUT2D eigenvalue weighted by Gasteiger charge is -2.29. The SMILES string of the molecule is O=C(Nc1ccc(Oc2ccccc2)cc1)N1N=C2c3ccccc3SCC2C1c1ccc(Cl)cc1. The molecule has 4 aromatic rings. The van der Waals surface area contributed by atoms with Crippen molar-refractivity contribution >= 4 is 40.8 Å². The van der Waals surface area contributed by atoms with Gasteiger partial charge in [-0.05, 0) is 60.2 Å². The van der Waals surface area contributed by atoms with Crippen LogP contribution in [0.3, 0.4) is 0 Å². The molecule has 0 radical (unpaired) electrons. The third kappa shape index (κ3) is 4.45. The standard InChI is InChI=1S/C29H22ClN3O2S/c30-20-12-10-19(11-13-20)28-25-18-36-26-9-5-4-8-24(26)27(25)32-33(28)29(34)31-21-14-16-23(17-15-21)35-22-6-2-1-3-7-22/h1-17,25,28H,18H2,(H,31,34). The van der Waals surface area contributed by atoms with Crippen molar-refractivity contribution in [2.75, 3.05) is 11.1 Å². The predicted octanol–water partition coefficient (Wildman–Crippen LogP) is 7.85. The zero-order chi connectivity index (χ0) is 24.5. The van der Waals surface area contributed by atoms with Crippen molar-refractivity contribution in [3.8, 4) is 11.5 Å². The summed E-state index contributed by atoms with van der Waals surface area (Å²) in [6, 6.07) is 32.3. The number of nitrogens with zero attached hydrogens (tertiary/aromatic N) is 2. The van der Waals surface area contributed by atoms with E-state index in [9.17, 15) is 4.79 Å². The molecule has 0 saturated carbocycles. The quantitative estimate of drug-likeness (QED) is 0.303. The maximum atomic E-state index is 13.5. The van der Waals surface area contributed by atoms with Crippen molar-refractivity contribution in [2.24, 2.45) is 11.0 Å². The maximum absolute atomic E-state index is 13.5. The minimum Gasteiger partial charge on any atom is -0.457 e. The molecule has 0 spiro atoms. The number of halogens is 1. The number of para-hydroxylation sites is 1. The van der Waals surface area contributed by atoms with E-state index in [1.807, 2.05) is 103 Å². The smallest absolute Gasteiger partial charge is 0.342 e. The fourth-order valence-corrected chi connectivity index (χ4v) is 5.92. The number of carbonyl (C=O) groups excluding carboxylic acids is 1. The van der Waals surface area contributed by atoms with Gasteiger partial charge in [0.05, 0.1) is 11.8 Å². The van der Waals surface area contributed by atoms with E-state index in [-0.39, 0.29) is 18.0 Å². The summed E-state index contributed by atoms with van der Waals surface area (Å²) in [6.07, 6.45) is 0. The van der Waals surface area contributed by atoms with Crippen molar-refractivity contribution in [1.29, 1.82) is 0 Å². The summed E-state index contributed by atoms with van der Waals surface area (Å²) >= 11 is 7.96. The minimum absolute atomic E-state index is 0.0819. The molecular formula is C29H22ClN3O2S. The Morgan fingerprint density at radius 1 is 0.889 bits per heavy atom. The number of thioether (sulfide) groups is 1. The number of fused-ring (bicyclic) bond motifs is 3. The Morgan fingerprint density at radius 2 is 1.58 bits per heavy atom. The first kappa shape index (κ1) is 22.7. The number of benzene rings is 4. The van der Waals surface area contributed by atoms with Crippen LogP contribution in [0.2, 0.25) is 5.02 Å². The molecule has 2 heterocycles. The Balaban J connectivity index is 1.27. The molecule has 5 nitrogen and oxygen atoms in total. The molecule has 36 heavy (non-hydrogen) atoms. The van der Waals surface area contributed by atoms with Gasteiger partial charge in [0.25, 0.3) is 0 Å². The number of carbonyl (C=O) groups is 1. The van der Waals surface area contributed by atoms with Gasteiger partial charge in [0.1, 0.15) is 11.5 Å². The van der Waals surface area contributed by atoms with Crippen molar-refractivity contribution in [3.63, 3.8) is 0 Å². The molecule has 2 aliphatic heterocycles. The summed E-state index contributed by atoms with van der Waals surface area (Å²) < 4.78 is 5.86. The molecule has 2 amide bonds. The van der Waals surface area contributed by atoms with Crippen molar-refractivity contribution in [2.45, 2.75) is 10.9 Å². The second-order valence-electron chi connectivity index (χ2n) is 8.61. The monoisotopic (exact) mass is 511 g/mol. The molecule has 6 rings (SSSR count). The summed E-state index contributed by atoms with van der Waals surface area (Å²) in [5, 5.41) is 10.1. The molecule has 7 heteroatoms. The number of hydrogen-bond acceptors (Lipinski definition) is 4. The lowest BCUT2D eigenvalue weighted by Crippen LogP contribution is -2.35. The molecule has 178 valence electrons. The summed E-state index contributed by atoms with van der Waals surface area (Å²) in [4.78, 5) is 14.7. The normalized spacial score (nSPS) is 18.1. The van der Waals surface area contributed by atoms with E-state index in [0.717, 1.165) is 28.3 Å². The van der Waals surface area contributed by atoms with Crippen LogP contribution in [-0.4, -0.2) is 22.5 Å². The maximum Gasteiger partial charge on any atom is 0.342 e.